The molecule has 2 aromatic carbocycles. The smallest absolute Gasteiger partial charge is 0.424 e. The number of amidine groups is 1. The van der Waals surface area contributed by atoms with Gasteiger partial charge in [0.05, 0.1) is 27.7 Å². The largest absolute Gasteiger partial charge is 0.455 e. The van der Waals surface area contributed by atoms with Gasteiger partial charge in [-0.2, -0.15) is 13.2 Å². The number of rotatable bonds is 3. The van der Waals surface area contributed by atoms with E-state index in [0.717, 1.165) is 18.2 Å². The number of nitrogens with zero attached hydrogens (tertiary/aromatic N) is 1. The van der Waals surface area contributed by atoms with Crippen LogP contribution in [0.1, 0.15) is 23.8 Å². The molecule has 2 aliphatic heterocycles. The molecule has 0 bridgehead atoms. The van der Waals surface area contributed by atoms with Crippen molar-refractivity contribution in [1.29, 1.82) is 0 Å². The molecule has 2 heterocycles. The summed E-state index contributed by atoms with van der Waals surface area (Å²) in [7, 11) is 0. The van der Waals surface area contributed by atoms with Gasteiger partial charge in [-0.15, -0.1) is 0 Å². The summed E-state index contributed by atoms with van der Waals surface area (Å²) in [5.74, 6) is -1.90. The summed E-state index contributed by atoms with van der Waals surface area (Å²) in [5, 5.41) is -1.18. The van der Waals surface area contributed by atoms with Gasteiger partial charge >= 0.3 is 6.18 Å². The number of ether oxygens (including phenoxy) is 2. The predicted octanol–water partition coefficient (Wildman–Crippen LogP) is 6.20. The fourth-order valence-electron chi connectivity index (χ4n) is 3.11. The number of benzene rings is 2. The SMILES string of the molecule is Fc1ccc(N=C2CC(c3cc(Cl)c(F)c(Cl)c3)(C(F)(F)F)ON2)cc1C1OC=CO1. The van der Waals surface area contributed by atoms with E-state index in [0.29, 0.717) is 0 Å². The molecule has 12 heteroatoms. The Labute approximate surface area is 182 Å². The minimum Gasteiger partial charge on any atom is -0.455 e. The first-order valence-corrected chi connectivity index (χ1v) is 9.35. The van der Waals surface area contributed by atoms with Crippen LogP contribution < -0.4 is 5.48 Å². The van der Waals surface area contributed by atoms with Crippen molar-refractivity contribution in [3.63, 3.8) is 0 Å². The fraction of sp³-hybridized carbons (Fsp3) is 0.211. The number of hydrogen-bond acceptors (Lipinski definition) is 4. The molecule has 4 rings (SSSR count). The topological polar surface area (TPSA) is 52.1 Å². The lowest BCUT2D eigenvalue weighted by Gasteiger charge is -2.29. The number of halogens is 7. The van der Waals surface area contributed by atoms with Crippen LogP contribution in [0.4, 0.5) is 27.6 Å². The first-order valence-electron chi connectivity index (χ1n) is 8.59. The number of nitrogens with one attached hydrogen (secondary N) is 1. The molecule has 0 spiro atoms. The van der Waals surface area contributed by atoms with Crippen LogP contribution in [0.25, 0.3) is 0 Å². The van der Waals surface area contributed by atoms with E-state index in [1.165, 1.54) is 24.7 Å². The Morgan fingerprint density at radius 2 is 1.68 bits per heavy atom. The molecule has 2 aromatic rings. The molecule has 0 amide bonds. The molecule has 1 fully saturated rings. The van der Waals surface area contributed by atoms with Gasteiger partial charge in [0.1, 0.15) is 24.2 Å². The Hall–Kier alpha value is -2.56. The molecule has 1 N–H and O–H groups in total. The van der Waals surface area contributed by atoms with Crippen molar-refractivity contribution in [3.8, 4) is 0 Å². The summed E-state index contributed by atoms with van der Waals surface area (Å²) in [6, 6.07) is 5.18. The predicted molar refractivity (Wildman–Crippen MR) is 101 cm³/mol. The summed E-state index contributed by atoms with van der Waals surface area (Å²) >= 11 is 11.3. The lowest BCUT2D eigenvalue weighted by Crippen LogP contribution is -2.42. The van der Waals surface area contributed by atoms with Crippen LogP contribution >= 0.6 is 23.2 Å². The van der Waals surface area contributed by atoms with Crippen LogP contribution in [-0.2, 0) is 19.9 Å². The van der Waals surface area contributed by atoms with Crippen molar-refractivity contribution < 1.29 is 36.3 Å². The summed E-state index contributed by atoms with van der Waals surface area (Å²) in [6.45, 7) is 0. The maximum atomic E-state index is 14.1. The monoisotopic (exact) mass is 480 g/mol. The quantitative estimate of drug-likeness (QED) is 0.419. The van der Waals surface area contributed by atoms with Gasteiger partial charge in [0.15, 0.2) is 5.82 Å². The summed E-state index contributed by atoms with van der Waals surface area (Å²) in [5.41, 5.74) is -1.16. The zero-order valence-electron chi connectivity index (χ0n) is 15.1. The molecular formula is C19H11Cl2F5N2O3. The third-order valence-electron chi connectivity index (χ3n) is 4.62. The normalized spacial score (nSPS) is 22.5. The molecule has 0 aromatic heterocycles. The molecule has 5 nitrogen and oxygen atoms in total. The van der Waals surface area contributed by atoms with E-state index in [4.69, 9.17) is 37.5 Å². The van der Waals surface area contributed by atoms with Crippen LogP contribution in [0.5, 0.6) is 0 Å². The zero-order valence-corrected chi connectivity index (χ0v) is 16.7. The maximum Gasteiger partial charge on any atom is 0.424 e. The van der Waals surface area contributed by atoms with Crippen molar-refractivity contribution in [2.24, 2.45) is 4.99 Å². The van der Waals surface area contributed by atoms with Crippen LogP contribution in [0.15, 0.2) is 47.8 Å². The van der Waals surface area contributed by atoms with Crippen LogP contribution in [-0.4, -0.2) is 12.0 Å². The Kier molecular flexibility index (Phi) is 5.48. The van der Waals surface area contributed by atoms with Gasteiger partial charge in [0, 0.05) is 0 Å². The number of alkyl halides is 3. The minimum atomic E-state index is -4.94. The van der Waals surface area contributed by atoms with E-state index in [1.54, 1.807) is 0 Å². The van der Waals surface area contributed by atoms with Gasteiger partial charge in [0.25, 0.3) is 6.29 Å². The maximum absolute atomic E-state index is 14.1. The molecule has 31 heavy (non-hydrogen) atoms. The second-order valence-corrected chi connectivity index (χ2v) is 7.41. The highest BCUT2D eigenvalue weighted by atomic mass is 35.5. The van der Waals surface area contributed by atoms with Gasteiger partial charge in [-0.05, 0) is 35.9 Å². The minimum absolute atomic E-state index is 0.00458. The first kappa shape index (κ1) is 21.7. The van der Waals surface area contributed by atoms with Crippen molar-refractivity contribution in [2.45, 2.75) is 24.5 Å². The number of aliphatic imine (C=N–C) groups is 1. The third-order valence-corrected chi connectivity index (χ3v) is 5.18. The molecule has 1 atom stereocenters. The molecule has 0 radical (unpaired) electrons. The Morgan fingerprint density at radius 1 is 1.03 bits per heavy atom. The lowest BCUT2D eigenvalue weighted by atomic mass is 9.90. The highest BCUT2D eigenvalue weighted by Gasteiger charge is 2.62. The Balaban J connectivity index is 1.69. The third kappa shape index (κ3) is 3.90. The summed E-state index contributed by atoms with van der Waals surface area (Å²) in [6.07, 6.45) is -4.31. The molecule has 0 aliphatic carbocycles. The van der Waals surface area contributed by atoms with E-state index in [9.17, 15) is 22.0 Å². The standard InChI is InChI=1S/C19H11Cl2F5N2O3/c20-12-5-9(6-13(21)16(12)23)18(19(24,25)26)8-15(28-31-18)27-10-1-2-14(22)11(7-10)17-29-3-4-30-17/h1-7,17H,8H2,(H,27,28). The average Bonchev–Trinajstić information content (AvgIpc) is 3.37. The molecule has 1 saturated heterocycles. The van der Waals surface area contributed by atoms with Crippen molar-refractivity contribution >= 4 is 34.7 Å². The molecule has 0 saturated carbocycles. The van der Waals surface area contributed by atoms with E-state index in [2.05, 4.69) is 10.5 Å². The lowest BCUT2D eigenvalue weighted by molar-refractivity contribution is -0.282. The average molecular weight is 481 g/mol. The number of hydrogen-bond donors (Lipinski definition) is 1. The van der Waals surface area contributed by atoms with Crippen LogP contribution in [0.3, 0.4) is 0 Å². The van der Waals surface area contributed by atoms with Crippen molar-refractivity contribution in [3.05, 3.63) is 75.7 Å². The molecule has 164 valence electrons. The summed E-state index contributed by atoms with van der Waals surface area (Å²) < 4.78 is 79.9. The van der Waals surface area contributed by atoms with Crippen LogP contribution in [0.2, 0.25) is 10.0 Å². The van der Waals surface area contributed by atoms with E-state index in [1.807, 2.05) is 0 Å². The van der Waals surface area contributed by atoms with E-state index < -0.39 is 51.7 Å². The van der Waals surface area contributed by atoms with Gasteiger partial charge in [-0.25, -0.2) is 13.8 Å². The summed E-state index contributed by atoms with van der Waals surface area (Å²) in [4.78, 5) is 8.97. The van der Waals surface area contributed by atoms with E-state index >= 15 is 0 Å². The first-order chi connectivity index (χ1) is 14.6. The van der Waals surface area contributed by atoms with Gasteiger partial charge in [0.2, 0.25) is 5.60 Å². The highest BCUT2D eigenvalue weighted by Crippen LogP contribution is 2.48. The second-order valence-electron chi connectivity index (χ2n) is 6.60. The second kappa shape index (κ2) is 7.85. The molecule has 1 unspecified atom stereocenters. The molecular weight excluding hydrogens is 470 g/mol. The fourth-order valence-corrected chi connectivity index (χ4v) is 3.60. The molecule has 2 aliphatic rings. The number of hydroxylamine groups is 1. The Bertz CT molecular complexity index is 1060. The van der Waals surface area contributed by atoms with Crippen molar-refractivity contribution in [2.75, 3.05) is 0 Å². The Morgan fingerprint density at radius 3 is 2.29 bits per heavy atom. The highest BCUT2D eigenvalue weighted by molar-refractivity contribution is 6.35. The van der Waals surface area contributed by atoms with Crippen molar-refractivity contribution in [1.82, 2.24) is 5.48 Å². The van der Waals surface area contributed by atoms with Gasteiger partial charge in [-0.3, -0.25) is 10.3 Å². The van der Waals surface area contributed by atoms with Gasteiger partial charge < -0.3 is 9.47 Å². The van der Waals surface area contributed by atoms with Crippen LogP contribution in [0, 0.1) is 11.6 Å². The van der Waals surface area contributed by atoms with Gasteiger partial charge in [-0.1, -0.05) is 23.2 Å². The zero-order chi connectivity index (χ0) is 22.4. The van der Waals surface area contributed by atoms with E-state index in [-0.39, 0.29) is 17.1 Å².